The van der Waals surface area contributed by atoms with Crippen molar-refractivity contribution in [3.8, 4) is 0 Å². The maximum atomic E-state index is 6.35. The first-order valence-corrected chi connectivity index (χ1v) is 10.3. The minimum absolute atomic E-state index is 0.720. The van der Waals surface area contributed by atoms with E-state index in [1.165, 1.54) is 5.56 Å². The first-order chi connectivity index (χ1) is 13.6. The maximum Gasteiger partial charge on any atom is 0.199 e. The molecular weight excluding hydrogens is 390 g/mol. The number of piperazine rings is 1. The molecule has 28 heavy (non-hydrogen) atoms. The first kappa shape index (κ1) is 19.2. The fourth-order valence-electron chi connectivity index (χ4n) is 3.62. The van der Waals surface area contributed by atoms with Crippen molar-refractivity contribution in [2.24, 2.45) is 0 Å². The van der Waals surface area contributed by atoms with Crippen LogP contribution in [0.3, 0.4) is 0 Å². The van der Waals surface area contributed by atoms with Crippen molar-refractivity contribution in [2.75, 3.05) is 31.1 Å². The maximum absolute atomic E-state index is 6.35. The number of hydrogen-bond acceptors (Lipinski definition) is 4. The van der Waals surface area contributed by atoms with Gasteiger partial charge in [-0.15, -0.1) is 0 Å². The standard InChI is InChI=1S/C21H24ClN5S/c1-17-23-27(21(28)26(17)15-18-7-3-2-4-8-18)16-24-11-13-25(14-12-24)20-10-6-5-9-19(20)22/h2-10H,11-16H2,1H3. The SMILES string of the molecule is Cc1nn(CN2CCN(c3ccccc3Cl)CC2)c(=S)n1Cc1ccccc1. The van der Waals surface area contributed by atoms with Gasteiger partial charge in [-0.3, -0.25) is 9.47 Å². The van der Waals surface area contributed by atoms with Crippen LogP contribution in [0.15, 0.2) is 54.6 Å². The van der Waals surface area contributed by atoms with Crippen LogP contribution in [0.5, 0.6) is 0 Å². The fraction of sp³-hybridized carbons (Fsp3) is 0.333. The van der Waals surface area contributed by atoms with Gasteiger partial charge < -0.3 is 4.90 Å². The molecule has 146 valence electrons. The zero-order chi connectivity index (χ0) is 19.5. The van der Waals surface area contributed by atoms with Gasteiger partial charge in [0.25, 0.3) is 0 Å². The summed E-state index contributed by atoms with van der Waals surface area (Å²) in [5, 5.41) is 5.50. The molecule has 2 heterocycles. The molecule has 0 spiro atoms. The molecule has 1 saturated heterocycles. The van der Waals surface area contributed by atoms with E-state index in [4.69, 9.17) is 28.9 Å². The summed E-state index contributed by atoms with van der Waals surface area (Å²) >= 11 is 12.1. The molecule has 0 atom stereocenters. The van der Waals surface area contributed by atoms with Crippen molar-refractivity contribution >= 4 is 29.5 Å². The Balaban J connectivity index is 1.41. The second-order valence-electron chi connectivity index (χ2n) is 7.10. The number of para-hydroxylation sites is 1. The van der Waals surface area contributed by atoms with Crippen molar-refractivity contribution in [3.05, 3.63) is 75.8 Å². The van der Waals surface area contributed by atoms with Crippen molar-refractivity contribution < 1.29 is 0 Å². The number of halogens is 1. The topological polar surface area (TPSA) is 29.2 Å². The summed E-state index contributed by atoms with van der Waals surface area (Å²) in [5.74, 6) is 0.948. The number of aromatic nitrogens is 3. The van der Waals surface area contributed by atoms with Gasteiger partial charge in [-0.2, -0.15) is 5.10 Å². The van der Waals surface area contributed by atoms with Gasteiger partial charge in [-0.1, -0.05) is 54.1 Å². The summed E-state index contributed by atoms with van der Waals surface area (Å²) in [6.45, 7) is 7.30. The normalized spacial score (nSPS) is 15.1. The lowest BCUT2D eigenvalue weighted by molar-refractivity contribution is 0.194. The Hall–Kier alpha value is -2.15. The van der Waals surface area contributed by atoms with E-state index in [1.807, 2.05) is 35.9 Å². The van der Waals surface area contributed by atoms with Gasteiger partial charge in [-0.05, 0) is 36.8 Å². The lowest BCUT2D eigenvalue weighted by Crippen LogP contribution is -2.47. The number of nitrogens with zero attached hydrogens (tertiary/aromatic N) is 5. The van der Waals surface area contributed by atoms with E-state index < -0.39 is 0 Å². The minimum Gasteiger partial charge on any atom is -0.368 e. The molecule has 0 saturated carbocycles. The zero-order valence-corrected chi connectivity index (χ0v) is 17.5. The highest BCUT2D eigenvalue weighted by Gasteiger charge is 2.20. The highest BCUT2D eigenvalue weighted by molar-refractivity contribution is 7.71. The molecule has 1 aromatic heterocycles. The monoisotopic (exact) mass is 413 g/mol. The number of aryl methyl sites for hydroxylation is 1. The quantitative estimate of drug-likeness (QED) is 0.586. The summed E-state index contributed by atoms with van der Waals surface area (Å²) in [5.41, 5.74) is 2.35. The van der Waals surface area contributed by atoms with E-state index in [9.17, 15) is 0 Å². The van der Waals surface area contributed by atoms with Crippen LogP contribution in [0.1, 0.15) is 11.4 Å². The Labute approximate surface area is 175 Å². The third-order valence-corrected chi connectivity index (χ3v) is 5.94. The fourth-order valence-corrected chi connectivity index (χ4v) is 4.17. The van der Waals surface area contributed by atoms with Crippen LogP contribution in [0.4, 0.5) is 5.69 Å². The summed E-state index contributed by atoms with van der Waals surface area (Å²) in [6, 6.07) is 18.4. The van der Waals surface area contributed by atoms with E-state index >= 15 is 0 Å². The van der Waals surface area contributed by atoms with E-state index in [0.29, 0.717) is 0 Å². The molecule has 0 N–H and O–H groups in total. The molecule has 0 aliphatic carbocycles. The molecule has 0 radical (unpaired) electrons. The lowest BCUT2D eigenvalue weighted by Gasteiger charge is -2.36. The van der Waals surface area contributed by atoms with Crippen molar-refractivity contribution in [2.45, 2.75) is 20.1 Å². The molecule has 3 aromatic rings. The second-order valence-corrected chi connectivity index (χ2v) is 7.87. The predicted octanol–water partition coefficient (Wildman–Crippen LogP) is 4.20. The summed E-state index contributed by atoms with van der Waals surface area (Å²) in [7, 11) is 0. The predicted molar refractivity (Wildman–Crippen MR) is 117 cm³/mol. The summed E-state index contributed by atoms with van der Waals surface area (Å²) in [6.07, 6.45) is 0. The lowest BCUT2D eigenvalue weighted by atomic mass is 10.2. The molecule has 7 heteroatoms. The second kappa shape index (κ2) is 8.47. The molecule has 1 aliphatic heterocycles. The molecule has 5 nitrogen and oxygen atoms in total. The molecule has 0 unspecified atom stereocenters. The number of rotatable bonds is 5. The largest absolute Gasteiger partial charge is 0.368 e. The summed E-state index contributed by atoms with van der Waals surface area (Å²) in [4.78, 5) is 4.74. The molecule has 4 rings (SSSR count). The number of anilines is 1. The van der Waals surface area contributed by atoms with Gasteiger partial charge in [0.05, 0.1) is 23.9 Å². The minimum atomic E-state index is 0.720. The third kappa shape index (κ3) is 4.14. The smallest absolute Gasteiger partial charge is 0.199 e. The van der Waals surface area contributed by atoms with Gasteiger partial charge in [0, 0.05) is 26.2 Å². The van der Waals surface area contributed by atoms with Gasteiger partial charge in [0.1, 0.15) is 5.82 Å². The number of benzene rings is 2. The molecule has 0 amide bonds. The van der Waals surface area contributed by atoms with Gasteiger partial charge in [0.2, 0.25) is 0 Å². The van der Waals surface area contributed by atoms with E-state index in [2.05, 4.69) is 44.7 Å². The molecular formula is C21H24ClN5S. The number of hydrogen-bond donors (Lipinski definition) is 0. The average Bonchev–Trinajstić information content (AvgIpc) is 2.97. The molecule has 1 aliphatic rings. The Kier molecular flexibility index (Phi) is 5.80. The Morgan fingerprint density at radius 1 is 0.964 bits per heavy atom. The van der Waals surface area contributed by atoms with Crippen LogP contribution < -0.4 is 4.90 Å². The van der Waals surface area contributed by atoms with Crippen LogP contribution in [-0.2, 0) is 13.2 Å². The van der Waals surface area contributed by atoms with Gasteiger partial charge >= 0.3 is 0 Å². The van der Waals surface area contributed by atoms with Crippen molar-refractivity contribution in [1.29, 1.82) is 0 Å². The van der Waals surface area contributed by atoms with Gasteiger partial charge in [-0.25, -0.2) is 4.68 Å². The van der Waals surface area contributed by atoms with E-state index in [1.54, 1.807) is 0 Å². The van der Waals surface area contributed by atoms with Crippen molar-refractivity contribution in [3.63, 3.8) is 0 Å². The van der Waals surface area contributed by atoms with Crippen LogP contribution in [0, 0.1) is 11.7 Å². The van der Waals surface area contributed by atoms with Crippen LogP contribution in [-0.4, -0.2) is 45.4 Å². The van der Waals surface area contributed by atoms with E-state index in [-0.39, 0.29) is 0 Å². The molecule has 1 fully saturated rings. The molecule has 0 bridgehead atoms. The van der Waals surface area contributed by atoms with Crippen LogP contribution >= 0.6 is 23.8 Å². The Morgan fingerprint density at radius 2 is 1.64 bits per heavy atom. The highest BCUT2D eigenvalue weighted by atomic mass is 35.5. The molecule has 2 aromatic carbocycles. The van der Waals surface area contributed by atoms with Crippen LogP contribution in [0.25, 0.3) is 0 Å². The summed E-state index contributed by atoms with van der Waals surface area (Å²) < 4.78 is 4.82. The Bertz CT molecular complexity index is 990. The third-order valence-electron chi connectivity index (χ3n) is 5.19. The Morgan fingerprint density at radius 3 is 2.36 bits per heavy atom. The first-order valence-electron chi connectivity index (χ1n) is 9.52. The van der Waals surface area contributed by atoms with Gasteiger partial charge in [0.15, 0.2) is 4.77 Å². The highest BCUT2D eigenvalue weighted by Crippen LogP contribution is 2.26. The van der Waals surface area contributed by atoms with Crippen LogP contribution in [0.2, 0.25) is 5.02 Å². The average molecular weight is 414 g/mol. The van der Waals surface area contributed by atoms with E-state index in [0.717, 1.165) is 60.7 Å². The zero-order valence-electron chi connectivity index (χ0n) is 16.0. The van der Waals surface area contributed by atoms with Crippen molar-refractivity contribution in [1.82, 2.24) is 19.2 Å².